The van der Waals surface area contributed by atoms with Gasteiger partial charge >= 0.3 is 0 Å². The van der Waals surface area contributed by atoms with Crippen molar-refractivity contribution in [3.8, 4) is 5.75 Å². The van der Waals surface area contributed by atoms with E-state index in [0.29, 0.717) is 6.04 Å². The van der Waals surface area contributed by atoms with Crippen LogP contribution in [0.2, 0.25) is 0 Å². The Kier molecular flexibility index (Phi) is 3.29. The highest BCUT2D eigenvalue weighted by Gasteiger charge is 2.23. The molecule has 0 spiro atoms. The van der Waals surface area contributed by atoms with Gasteiger partial charge in [-0.05, 0) is 26.5 Å². The lowest BCUT2D eigenvalue weighted by Crippen LogP contribution is -2.29. The number of ether oxygens (including phenoxy) is 1. The van der Waals surface area contributed by atoms with Gasteiger partial charge in [-0.2, -0.15) is 0 Å². The van der Waals surface area contributed by atoms with Crippen molar-refractivity contribution < 1.29 is 4.74 Å². The molecule has 1 aromatic heterocycles. The van der Waals surface area contributed by atoms with E-state index in [4.69, 9.17) is 4.74 Å². The molecule has 2 rings (SSSR count). The average Bonchev–Trinajstić information content (AvgIpc) is 2.77. The van der Waals surface area contributed by atoms with Crippen LogP contribution in [-0.4, -0.2) is 38.3 Å². The Morgan fingerprint density at radius 1 is 1.56 bits per heavy atom. The first-order chi connectivity index (χ1) is 7.74. The Balaban J connectivity index is 2.22. The van der Waals surface area contributed by atoms with Crippen molar-refractivity contribution in [2.75, 3.05) is 32.1 Å². The predicted molar refractivity (Wildman–Crippen MR) is 65.2 cm³/mol. The van der Waals surface area contributed by atoms with Gasteiger partial charge < -0.3 is 15.0 Å². The molecule has 1 aliphatic heterocycles. The van der Waals surface area contributed by atoms with Crippen molar-refractivity contribution in [2.45, 2.75) is 19.4 Å². The quantitative estimate of drug-likeness (QED) is 0.832. The molecule has 0 bridgehead atoms. The van der Waals surface area contributed by atoms with Gasteiger partial charge in [-0.3, -0.25) is 4.98 Å². The maximum absolute atomic E-state index is 5.36. The molecule has 0 aromatic carbocycles. The summed E-state index contributed by atoms with van der Waals surface area (Å²) in [6.07, 6.45) is 2.98. The minimum Gasteiger partial charge on any atom is -0.493 e. The van der Waals surface area contributed by atoms with Crippen molar-refractivity contribution in [3.05, 3.63) is 18.0 Å². The number of methoxy groups -OCH3 is 1. The van der Waals surface area contributed by atoms with Crippen LogP contribution in [0.15, 0.2) is 12.3 Å². The van der Waals surface area contributed by atoms with Crippen LogP contribution < -0.4 is 15.0 Å². The molecule has 1 atom stereocenters. The Hall–Kier alpha value is -1.29. The average molecular weight is 221 g/mol. The van der Waals surface area contributed by atoms with E-state index in [0.717, 1.165) is 30.2 Å². The smallest absolute Gasteiger partial charge is 0.160 e. The second kappa shape index (κ2) is 4.70. The lowest BCUT2D eigenvalue weighted by atomic mass is 10.3. The molecule has 1 saturated heterocycles. The summed E-state index contributed by atoms with van der Waals surface area (Å²) in [4.78, 5) is 6.61. The molecule has 0 saturated carbocycles. The topological polar surface area (TPSA) is 37.4 Å². The molecule has 0 aliphatic carbocycles. The van der Waals surface area contributed by atoms with Crippen LogP contribution in [0, 0.1) is 6.92 Å². The lowest BCUT2D eigenvalue weighted by molar-refractivity contribution is 0.412. The van der Waals surface area contributed by atoms with Crippen LogP contribution in [0.3, 0.4) is 0 Å². The number of pyridine rings is 1. The number of hydrogen-bond donors (Lipinski definition) is 1. The maximum Gasteiger partial charge on any atom is 0.160 e. The number of nitrogens with one attached hydrogen (secondary N) is 1. The van der Waals surface area contributed by atoms with Crippen LogP contribution in [-0.2, 0) is 0 Å². The fourth-order valence-corrected chi connectivity index (χ4v) is 2.15. The van der Waals surface area contributed by atoms with Crippen molar-refractivity contribution in [1.29, 1.82) is 0 Å². The number of rotatable bonds is 3. The normalized spacial score (nSPS) is 20.2. The second-order valence-corrected chi connectivity index (χ2v) is 4.22. The van der Waals surface area contributed by atoms with Crippen LogP contribution >= 0.6 is 0 Å². The molecule has 2 heterocycles. The molecule has 1 N–H and O–H groups in total. The zero-order chi connectivity index (χ0) is 11.5. The molecule has 88 valence electrons. The first kappa shape index (κ1) is 11.2. The van der Waals surface area contributed by atoms with Crippen LogP contribution in [0.1, 0.15) is 12.1 Å². The molecule has 4 heteroatoms. The summed E-state index contributed by atoms with van der Waals surface area (Å²) < 4.78 is 5.36. The zero-order valence-corrected chi connectivity index (χ0v) is 10.2. The fraction of sp³-hybridized carbons (Fsp3) is 0.583. The highest BCUT2D eigenvalue weighted by molar-refractivity contribution is 5.59. The van der Waals surface area contributed by atoms with E-state index in [1.807, 2.05) is 14.0 Å². The van der Waals surface area contributed by atoms with Gasteiger partial charge in [0.1, 0.15) is 0 Å². The van der Waals surface area contributed by atoms with Gasteiger partial charge in [0.05, 0.1) is 19.0 Å². The first-order valence-electron chi connectivity index (χ1n) is 5.67. The van der Waals surface area contributed by atoms with Crippen molar-refractivity contribution in [2.24, 2.45) is 0 Å². The standard InChI is InChI=1S/C12H19N3O/c1-9-6-11(12(16-3)7-14-9)15-5-4-10(8-15)13-2/h6-7,10,13H,4-5,8H2,1-3H3. The van der Waals surface area contributed by atoms with Gasteiger partial charge in [0, 0.05) is 24.8 Å². The summed E-state index contributed by atoms with van der Waals surface area (Å²) in [6, 6.07) is 2.68. The third-order valence-corrected chi connectivity index (χ3v) is 3.14. The molecule has 1 aromatic rings. The Morgan fingerprint density at radius 3 is 3.00 bits per heavy atom. The largest absolute Gasteiger partial charge is 0.493 e. The Bertz CT molecular complexity index is 367. The summed E-state index contributed by atoms with van der Waals surface area (Å²) in [5, 5.41) is 3.32. The van der Waals surface area contributed by atoms with Crippen molar-refractivity contribution in [3.63, 3.8) is 0 Å². The van der Waals surface area contributed by atoms with E-state index in [2.05, 4.69) is 21.3 Å². The number of aromatic nitrogens is 1. The monoisotopic (exact) mass is 221 g/mol. The van der Waals surface area contributed by atoms with Crippen molar-refractivity contribution in [1.82, 2.24) is 10.3 Å². The summed E-state index contributed by atoms with van der Waals surface area (Å²) in [5.41, 5.74) is 2.19. The van der Waals surface area contributed by atoms with E-state index in [1.54, 1.807) is 13.3 Å². The van der Waals surface area contributed by atoms with E-state index >= 15 is 0 Å². The van der Waals surface area contributed by atoms with E-state index in [-0.39, 0.29) is 0 Å². The summed E-state index contributed by atoms with van der Waals surface area (Å²) in [5.74, 6) is 0.863. The fourth-order valence-electron chi connectivity index (χ4n) is 2.15. The molecule has 0 amide bonds. The van der Waals surface area contributed by atoms with E-state index in [9.17, 15) is 0 Å². The van der Waals surface area contributed by atoms with Crippen molar-refractivity contribution >= 4 is 5.69 Å². The predicted octanol–water partition coefficient (Wildman–Crippen LogP) is 1.20. The van der Waals surface area contributed by atoms with E-state index < -0.39 is 0 Å². The highest BCUT2D eigenvalue weighted by Crippen LogP contribution is 2.30. The molecule has 1 fully saturated rings. The van der Waals surface area contributed by atoms with Gasteiger partial charge in [0.15, 0.2) is 5.75 Å². The van der Waals surface area contributed by atoms with Gasteiger partial charge in [0.25, 0.3) is 0 Å². The Morgan fingerprint density at radius 2 is 2.38 bits per heavy atom. The number of likely N-dealkylation sites (N-methyl/N-ethyl adjacent to an activating group) is 1. The molecule has 16 heavy (non-hydrogen) atoms. The third-order valence-electron chi connectivity index (χ3n) is 3.14. The summed E-state index contributed by atoms with van der Waals surface area (Å²) in [7, 11) is 3.71. The van der Waals surface area contributed by atoms with Crippen LogP contribution in [0.4, 0.5) is 5.69 Å². The van der Waals surface area contributed by atoms with Gasteiger partial charge in [0.2, 0.25) is 0 Å². The van der Waals surface area contributed by atoms with E-state index in [1.165, 1.54) is 6.42 Å². The Labute approximate surface area is 96.6 Å². The summed E-state index contributed by atoms with van der Waals surface area (Å²) in [6.45, 7) is 4.12. The lowest BCUT2D eigenvalue weighted by Gasteiger charge is -2.21. The maximum atomic E-state index is 5.36. The van der Waals surface area contributed by atoms with Crippen LogP contribution in [0.25, 0.3) is 0 Å². The minimum absolute atomic E-state index is 0.582. The first-order valence-corrected chi connectivity index (χ1v) is 5.67. The SMILES string of the molecule is CNC1CCN(c2cc(C)ncc2OC)C1. The summed E-state index contributed by atoms with van der Waals surface area (Å²) >= 11 is 0. The number of nitrogens with zero attached hydrogens (tertiary/aromatic N) is 2. The minimum atomic E-state index is 0.582. The number of aryl methyl sites for hydroxylation is 1. The van der Waals surface area contributed by atoms with Gasteiger partial charge in [-0.25, -0.2) is 0 Å². The zero-order valence-electron chi connectivity index (χ0n) is 10.2. The molecular weight excluding hydrogens is 202 g/mol. The third kappa shape index (κ3) is 2.11. The molecule has 1 unspecified atom stereocenters. The van der Waals surface area contributed by atoms with Gasteiger partial charge in [-0.15, -0.1) is 0 Å². The molecule has 4 nitrogen and oxygen atoms in total. The highest BCUT2D eigenvalue weighted by atomic mass is 16.5. The molecular formula is C12H19N3O. The number of hydrogen-bond acceptors (Lipinski definition) is 4. The molecule has 1 aliphatic rings. The van der Waals surface area contributed by atoms with Gasteiger partial charge in [-0.1, -0.05) is 0 Å². The van der Waals surface area contributed by atoms with Crippen LogP contribution in [0.5, 0.6) is 5.75 Å². The molecule has 0 radical (unpaired) electrons. The second-order valence-electron chi connectivity index (χ2n) is 4.22. The number of anilines is 1.